The number of primary amides is 1. The van der Waals surface area contributed by atoms with E-state index >= 15 is 0 Å². The van der Waals surface area contributed by atoms with E-state index in [4.69, 9.17) is 5.73 Å². The van der Waals surface area contributed by atoms with Crippen LogP contribution in [0.3, 0.4) is 0 Å². The molecular weight excluding hydrogens is 224 g/mol. The maximum Gasteiger partial charge on any atom is 0.223 e. The van der Waals surface area contributed by atoms with Crippen molar-refractivity contribution in [1.29, 1.82) is 0 Å². The summed E-state index contributed by atoms with van der Waals surface area (Å²) in [6, 6.07) is 12.0. The summed E-state index contributed by atoms with van der Waals surface area (Å²) in [7, 11) is 0. The molecule has 18 heavy (non-hydrogen) atoms. The minimum absolute atomic E-state index is 0.175. The van der Waals surface area contributed by atoms with Crippen LogP contribution in [0.5, 0.6) is 0 Å². The minimum Gasteiger partial charge on any atom is -0.369 e. The second kappa shape index (κ2) is 5.45. The molecule has 0 bridgehead atoms. The zero-order valence-corrected chi connectivity index (χ0v) is 10.4. The van der Waals surface area contributed by atoms with Crippen LogP contribution in [-0.4, -0.2) is 10.9 Å². The van der Waals surface area contributed by atoms with Gasteiger partial charge in [-0.1, -0.05) is 37.3 Å². The van der Waals surface area contributed by atoms with Crippen molar-refractivity contribution in [2.75, 3.05) is 0 Å². The van der Waals surface area contributed by atoms with Gasteiger partial charge in [0.2, 0.25) is 5.91 Å². The molecule has 2 N–H and O–H groups in total. The molecule has 2 rings (SSSR count). The molecule has 0 aliphatic carbocycles. The number of pyridine rings is 1. The van der Waals surface area contributed by atoms with E-state index in [9.17, 15) is 4.79 Å². The normalized spacial score (nSPS) is 10.3. The van der Waals surface area contributed by atoms with Crippen LogP contribution >= 0.6 is 0 Å². The predicted octanol–water partition coefficient (Wildman–Crippen LogP) is 2.34. The number of carbonyl (C=O) groups is 1. The molecule has 1 heterocycles. The number of amides is 1. The number of aryl methyl sites for hydroxylation is 1. The summed E-state index contributed by atoms with van der Waals surface area (Å²) in [5, 5.41) is 0. The van der Waals surface area contributed by atoms with Crippen molar-refractivity contribution in [3.05, 3.63) is 53.9 Å². The quantitative estimate of drug-likeness (QED) is 0.891. The largest absolute Gasteiger partial charge is 0.369 e. The number of nitrogens with two attached hydrogens (primary N) is 1. The first-order valence-electron chi connectivity index (χ1n) is 6.03. The van der Waals surface area contributed by atoms with Crippen molar-refractivity contribution in [1.82, 2.24) is 4.98 Å². The molecule has 3 heteroatoms. The highest BCUT2D eigenvalue weighted by atomic mass is 16.1. The third-order valence-electron chi connectivity index (χ3n) is 2.92. The molecule has 0 spiro atoms. The standard InChI is InChI=1S/C15H16N2O/c1-2-11-6-3-4-7-12(11)13-8-5-9-17-14(13)10-15(16)18/h3-9H,2,10H2,1H3,(H2,16,18). The number of benzene rings is 1. The smallest absolute Gasteiger partial charge is 0.223 e. The van der Waals surface area contributed by atoms with E-state index in [0.717, 1.165) is 23.2 Å². The molecule has 0 aliphatic rings. The van der Waals surface area contributed by atoms with Crippen LogP contribution in [0.1, 0.15) is 18.2 Å². The van der Waals surface area contributed by atoms with Crippen LogP contribution < -0.4 is 5.73 Å². The first-order valence-corrected chi connectivity index (χ1v) is 6.03. The highest BCUT2D eigenvalue weighted by molar-refractivity contribution is 5.80. The first kappa shape index (κ1) is 12.3. The van der Waals surface area contributed by atoms with Gasteiger partial charge in [0.1, 0.15) is 0 Å². The molecule has 0 radical (unpaired) electrons. The summed E-state index contributed by atoms with van der Waals surface area (Å²) < 4.78 is 0. The summed E-state index contributed by atoms with van der Waals surface area (Å²) in [5.74, 6) is -0.357. The van der Waals surface area contributed by atoms with E-state index < -0.39 is 0 Å². The maximum absolute atomic E-state index is 11.1. The minimum atomic E-state index is -0.357. The Balaban J connectivity index is 2.53. The maximum atomic E-state index is 11.1. The van der Waals surface area contributed by atoms with Gasteiger partial charge in [0.15, 0.2) is 0 Å². The average Bonchev–Trinajstić information content (AvgIpc) is 2.39. The lowest BCUT2D eigenvalue weighted by atomic mass is 9.96. The molecule has 0 unspecified atom stereocenters. The third-order valence-corrected chi connectivity index (χ3v) is 2.92. The Morgan fingerprint density at radius 1 is 1.17 bits per heavy atom. The van der Waals surface area contributed by atoms with Gasteiger partial charge in [-0.2, -0.15) is 0 Å². The van der Waals surface area contributed by atoms with E-state index in [1.54, 1.807) is 6.20 Å². The number of hydrogen-bond acceptors (Lipinski definition) is 2. The van der Waals surface area contributed by atoms with Crippen molar-refractivity contribution in [2.45, 2.75) is 19.8 Å². The molecule has 0 saturated carbocycles. The average molecular weight is 240 g/mol. The topological polar surface area (TPSA) is 56.0 Å². The number of carbonyl (C=O) groups excluding carboxylic acids is 1. The number of rotatable bonds is 4. The fraction of sp³-hybridized carbons (Fsp3) is 0.200. The Kier molecular flexibility index (Phi) is 3.72. The number of aromatic nitrogens is 1. The van der Waals surface area contributed by atoms with Gasteiger partial charge < -0.3 is 5.73 Å². The highest BCUT2D eigenvalue weighted by Crippen LogP contribution is 2.26. The van der Waals surface area contributed by atoms with E-state index in [-0.39, 0.29) is 12.3 Å². The van der Waals surface area contributed by atoms with Gasteiger partial charge in [-0.15, -0.1) is 0 Å². The van der Waals surface area contributed by atoms with E-state index in [2.05, 4.69) is 24.0 Å². The van der Waals surface area contributed by atoms with Crippen molar-refractivity contribution < 1.29 is 4.79 Å². The molecule has 92 valence electrons. The molecule has 0 saturated heterocycles. The Morgan fingerprint density at radius 3 is 2.61 bits per heavy atom. The van der Waals surface area contributed by atoms with Crippen molar-refractivity contribution in [3.63, 3.8) is 0 Å². The molecule has 0 atom stereocenters. The van der Waals surface area contributed by atoms with E-state index in [1.165, 1.54) is 5.56 Å². The molecular formula is C15H16N2O. The Labute approximate surface area is 107 Å². The van der Waals surface area contributed by atoms with Gasteiger partial charge in [0.05, 0.1) is 12.1 Å². The van der Waals surface area contributed by atoms with Crippen molar-refractivity contribution in [3.8, 4) is 11.1 Å². The van der Waals surface area contributed by atoms with E-state index in [0.29, 0.717) is 0 Å². The number of hydrogen-bond donors (Lipinski definition) is 1. The van der Waals surface area contributed by atoms with Crippen molar-refractivity contribution >= 4 is 5.91 Å². The van der Waals surface area contributed by atoms with Gasteiger partial charge in [-0.05, 0) is 23.6 Å². The fourth-order valence-electron chi connectivity index (χ4n) is 2.08. The van der Waals surface area contributed by atoms with Gasteiger partial charge in [-0.3, -0.25) is 9.78 Å². The summed E-state index contributed by atoms with van der Waals surface area (Å²) >= 11 is 0. The van der Waals surface area contributed by atoms with Gasteiger partial charge >= 0.3 is 0 Å². The third kappa shape index (κ3) is 2.56. The predicted molar refractivity (Wildman–Crippen MR) is 71.9 cm³/mol. The summed E-state index contributed by atoms with van der Waals surface area (Å²) in [5.41, 5.74) is 9.37. The van der Waals surface area contributed by atoms with Crippen LogP contribution in [0.2, 0.25) is 0 Å². The Hall–Kier alpha value is -2.16. The first-order chi connectivity index (χ1) is 8.72. The Bertz CT molecular complexity index is 564. The lowest BCUT2D eigenvalue weighted by Gasteiger charge is -2.11. The van der Waals surface area contributed by atoms with Gasteiger partial charge in [0.25, 0.3) is 0 Å². The molecule has 0 aliphatic heterocycles. The van der Waals surface area contributed by atoms with Crippen LogP contribution in [0.4, 0.5) is 0 Å². The zero-order chi connectivity index (χ0) is 13.0. The van der Waals surface area contributed by atoms with E-state index in [1.807, 2.05) is 24.3 Å². The lowest BCUT2D eigenvalue weighted by molar-refractivity contribution is -0.117. The summed E-state index contributed by atoms with van der Waals surface area (Å²) in [6.45, 7) is 2.11. The summed E-state index contributed by atoms with van der Waals surface area (Å²) in [6.07, 6.45) is 2.81. The van der Waals surface area contributed by atoms with Gasteiger partial charge in [0, 0.05) is 11.8 Å². The molecule has 0 fully saturated rings. The second-order valence-electron chi connectivity index (χ2n) is 4.15. The molecule has 1 aromatic heterocycles. The van der Waals surface area contributed by atoms with Crippen LogP contribution in [-0.2, 0) is 17.6 Å². The highest BCUT2D eigenvalue weighted by Gasteiger charge is 2.10. The molecule has 3 nitrogen and oxygen atoms in total. The monoisotopic (exact) mass is 240 g/mol. The van der Waals surface area contributed by atoms with Crippen LogP contribution in [0, 0.1) is 0 Å². The summed E-state index contributed by atoms with van der Waals surface area (Å²) in [4.78, 5) is 15.4. The van der Waals surface area contributed by atoms with Crippen LogP contribution in [0.25, 0.3) is 11.1 Å². The zero-order valence-electron chi connectivity index (χ0n) is 10.4. The SMILES string of the molecule is CCc1ccccc1-c1cccnc1CC(N)=O. The van der Waals surface area contributed by atoms with Crippen LogP contribution in [0.15, 0.2) is 42.6 Å². The number of nitrogens with zero attached hydrogens (tertiary/aromatic N) is 1. The molecule has 1 aromatic carbocycles. The molecule has 1 amide bonds. The lowest BCUT2D eigenvalue weighted by Crippen LogP contribution is -2.15. The van der Waals surface area contributed by atoms with Crippen molar-refractivity contribution in [2.24, 2.45) is 5.73 Å². The van der Waals surface area contributed by atoms with Gasteiger partial charge in [-0.25, -0.2) is 0 Å². The second-order valence-corrected chi connectivity index (χ2v) is 4.15. The fourth-order valence-corrected chi connectivity index (χ4v) is 2.08. The Morgan fingerprint density at radius 2 is 1.89 bits per heavy atom. The molecule has 2 aromatic rings.